The van der Waals surface area contributed by atoms with E-state index in [0.29, 0.717) is 5.76 Å². The lowest BCUT2D eigenvalue weighted by atomic mass is 9.96. The lowest BCUT2D eigenvalue weighted by Gasteiger charge is -2.30. The average Bonchev–Trinajstić information content (AvgIpc) is 2.91. The maximum atomic E-state index is 12.6. The highest BCUT2D eigenvalue weighted by atomic mass is 16.5. The minimum atomic E-state index is -0.0903. The number of carbonyl (C=O) groups is 1. The molecule has 104 valence electrons. The molecule has 0 bridgehead atoms. The van der Waals surface area contributed by atoms with E-state index in [1.54, 1.807) is 6.07 Å². The number of para-hydroxylation sites is 1. The molecule has 1 amide bonds. The minimum Gasteiger partial charge on any atom is -0.351 e. The van der Waals surface area contributed by atoms with Crippen molar-refractivity contribution < 1.29 is 9.32 Å². The smallest absolute Gasteiger partial charge is 0.296 e. The molecule has 3 rings (SSSR count). The average molecular weight is 270 g/mol. The molecule has 1 aliphatic rings. The van der Waals surface area contributed by atoms with E-state index in [4.69, 9.17) is 4.52 Å². The maximum Gasteiger partial charge on any atom is 0.296 e. The molecular weight excluding hydrogens is 252 g/mol. The molecule has 0 N–H and O–H groups in total. The number of aromatic nitrogens is 1. The van der Waals surface area contributed by atoms with Crippen molar-refractivity contribution >= 4 is 11.6 Å². The van der Waals surface area contributed by atoms with Crippen LogP contribution in [0.1, 0.15) is 40.7 Å². The van der Waals surface area contributed by atoms with Gasteiger partial charge in [0.1, 0.15) is 0 Å². The Labute approximate surface area is 118 Å². The van der Waals surface area contributed by atoms with Crippen molar-refractivity contribution in [3.05, 3.63) is 46.8 Å². The van der Waals surface area contributed by atoms with Crippen LogP contribution in [0.2, 0.25) is 0 Å². The molecule has 2 aromatic rings. The zero-order chi connectivity index (χ0) is 14.1. The Hall–Kier alpha value is -2.10. The molecule has 0 atom stereocenters. The van der Waals surface area contributed by atoms with Gasteiger partial charge in [-0.05, 0) is 37.3 Å². The molecule has 4 nitrogen and oxygen atoms in total. The monoisotopic (exact) mass is 270 g/mol. The van der Waals surface area contributed by atoms with Crippen LogP contribution < -0.4 is 4.90 Å². The maximum absolute atomic E-state index is 12.6. The summed E-state index contributed by atoms with van der Waals surface area (Å²) in [7, 11) is 0. The predicted molar refractivity (Wildman–Crippen MR) is 77.1 cm³/mol. The zero-order valence-corrected chi connectivity index (χ0v) is 11.8. The Morgan fingerprint density at radius 3 is 3.00 bits per heavy atom. The summed E-state index contributed by atoms with van der Waals surface area (Å²) >= 11 is 0. The summed E-state index contributed by atoms with van der Waals surface area (Å²) in [5, 5.41) is 3.81. The number of benzene rings is 1. The van der Waals surface area contributed by atoms with Crippen molar-refractivity contribution in [2.75, 3.05) is 11.4 Å². The van der Waals surface area contributed by atoms with Gasteiger partial charge in [-0.25, -0.2) is 0 Å². The van der Waals surface area contributed by atoms with Crippen LogP contribution in [0.4, 0.5) is 5.69 Å². The molecule has 0 saturated heterocycles. The van der Waals surface area contributed by atoms with Crippen molar-refractivity contribution in [3.8, 4) is 0 Å². The number of carbonyl (C=O) groups excluding carboxylic acids is 1. The highest BCUT2D eigenvalue weighted by molar-refractivity contribution is 6.05. The molecule has 20 heavy (non-hydrogen) atoms. The van der Waals surface area contributed by atoms with Crippen LogP contribution in [0.25, 0.3) is 0 Å². The van der Waals surface area contributed by atoms with E-state index in [1.807, 2.05) is 11.8 Å². The highest BCUT2D eigenvalue weighted by Gasteiger charge is 2.27. The molecule has 0 radical (unpaired) electrons. The number of anilines is 1. The first kappa shape index (κ1) is 12.9. The molecule has 0 aliphatic carbocycles. The largest absolute Gasteiger partial charge is 0.351 e. The van der Waals surface area contributed by atoms with Crippen LogP contribution in [-0.2, 0) is 12.8 Å². The topological polar surface area (TPSA) is 46.3 Å². The highest BCUT2D eigenvalue weighted by Crippen LogP contribution is 2.32. The molecule has 0 spiro atoms. The quantitative estimate of drug-likeness (QED) is 0.842. The predicted octanol–water partition coefficient (Wildman–Crippen LogP) is 3.14. The number of rotatable bonds is 2. The van der Waals surface area contributed by atoms with Gasteiger partial charge in [0.15, 0.2) is 0 Å². The van der Waals surface area contributed by atoms with E-state index in [9.17, 15) is 4.79 Å². The van der Waals surface area contributed by atoms with E-state index in [2.05, 4.69) is 30.3 Å². The van der Waals surface area contributed by atoms with Crippen LogP contribution in [0.5, 0.6) is 0 Å². The van der Waals surface area contributed by atoms with E-state index in [-0.39, 0.29) is 5.91 Å². The van der Waals surface area contributed by atoms with Crippen molar-refractivity contribution in [1.82, 2.24) is 5.16 Å². The Morgan fingerprint density at radius 1 is 1.45 bits per heavy atom. The third kappa shape index (κ3) is 2.11. The van der Waals surface area contributed by atoms with Gasteiger partial charge in [-0.15, -0.1) is 0 Å². The molecular formula is C16H18N2O2. The molecule has 1 aliphatic heterocycles. The van der Waals surface area contributed by atoms with E-state index in [1.165, 1.54) is 11.1 Å². The molecule has 4 heteroatoms. The first-order chi connectivity index (χ1) is 9.70. The second kappa shape index (κ2) is 5.12. The second-order valence-corrected chi connectivity index (χ2v) is 5.17. The van der Waals surface area contributed by atoms with E-state index < -0.39 is 0 Å². The van der Waals surface area contributed by atoms with Crippen LogP contribution >= 0.6 is 0 Å². The number of hydrogen-bond donors (Lipinski definition) is 0. The molecule has 0 saturated carbocycles. The van der Waals surface area contributed by atoms with Gasteiger partial charge < -0.3 is 9.42 Å². The lowest BCUT2D eigenvalue weighted by Crippen LogP contribution is -2.36. The number of fused-ring (bicyclic) bond motifs is 1. The van der Waals surface area contributed by atoms with Gasteiger partial charge in [0, 0.05) is 12.6 Å². The third-order valence-electron chi connectivity index (χ3n) is 3.77. The summed E-state index contributed by atoms with van der Waals surface area (Å²) in [4.78, 5) is 14.5. The van der Waals surface area contributed by atoms with Crippen molar-refractivity contribution in [1.29, 1.82) is 0 Å². The summed E-state index contributed by atoms with van der Waals surface area (Å²) in [6.07, 6.45) is 2.93. The molecule has 0 unspecified atom stereocenters. The van der Waals surface area contributed by atoms with E-state index in [0.717, 1.165) is 37.2 Å². The Morgan fingerprint density at radius 2 is 2.30 bits per heavy atom. The zero-order valence-electron chi connectivity index (χ0n) is 11.8. The van der Waals surface area contributed by atoms with Crippen LogP contribution in [0, 0.1) is 6.92 Å². The van der Waals surface area contributed by atoms with Gasteiger partial charge in [-0.1, -0.05) is 30.3 Å². The fraction of sp³-hybridized carbons (Fsp3) is 0.375. The van der Waals surface area contributed by atoms with Gasteiger partial charge in [0.25, 0.3) is 5.91 Å². The van der Waals surface area contributed by atoms with Crippen LogP contribution in [0.15, 0.2) is 28.8 Å². The number of nitrogens with zero attached hydrogens (tertiary/aromatic N) is 2. The van der Waals surface area contributed by atoms with Crippen molar-refractivity contribution in [2.24, 2.45) is 0 Å². The Balaban J connectivity index is 2.03. The Bertz CT molecular complexity index is 631. The van der Waals surface area contributed by atoms with Gasteiger partial charge in [0.2, 0.25) is 5.76 Å². The van der Waals surface area contributed by atoms with Gasteiger partial charge in [0.05, 0.1) is 11.4 Å². The van der Waals surface area contributed by atoms with Gasteiger partial charge in [-0.2, -0.15) is 0 Å². The first-order valence-corrected chi connectivity index (χ1v) is 7.06. The Kier molecular flexibility index (Phi) is 3.30. The van der Waals surface area contributed by atoms with Crippen molar-refractivity contribution in [2.45, 2.75) is 33.1 Å². The minimum absolute atomic E-state index is 0.0903. The second-order valence-electron chi connectivity index (χ2n) is 5.17. The summed E-state index contributed by atoms with van der Waals surface area (Å²) in [6, 6.07) is 7.98. The normalized spacial score (nSPS) is 14.2. The first-order valence-electron chi connectivity index (χ1n) is 7.06. The molecule has 2 heterocycles. The summed E-state index contributed by atoms with van der Waals surface area (Å²) in [5.41, 5.74) is 4.27. The number of hydrogen-bond acceptors (Lipinski definition) is 3. The summed E-state index contributed by atoms with van der Waals surface area (Å²) < 4.78 is 5.13. The molecule has 1 aromatic heterocycles. The fourth-order valence-corrected chi connectivity index (χ4v) is 2.82. The van der Waals surface area contributed by atoms with Crippen LogP contribution in [-0.4, -0.2) is 17.6 Å². The number of amides is 1. The summed E-state index contributed by atoms with van der Waals surface area (Å²) in [5.74, 6) is 0.230. The van der Waals surface area contributed by atoms with Gasteiger partial charge in [-0.3, -0.25) is 4.79 Å². The van der Waals surface area contributed by atoms with Crippen LogP contribution in [0.3, 0.4) is 0 Å². The molecule has 1 aromatic carbocycles. The number of aryl methyl sites for hydroxylation is 3. The SMILES string of the molecule is CCc1cccc2c1N(C(=O)c1cc(C)no1)CCC2. The summed E-state index contributed by atoms with van der Waals surface area (Å²) in [6.45, 7) is 4.68. The van der Waals surface area contributed by atoms with E-state index >= 15 is 0 Å². The molecule has 0 fully saturated rings. The fourth-order valence-electron chi connectivity index (χ4n) is 2.82. The standard InChI is InChI=1S/C16H18N2O2/c1-3-12-6-4-7-13-8-5-9-18(15(12)13)16(19)14-10-11(2)17-20-14/h4,6-7,10H,3,5,8-9H2,1-2H3. The lowest BCUT2D eigenvalue weighted by molar-refractivity contribution is 0.0949. The van der Waals surface area contributed by atoms with Crippen molar-refractivity contribution in [3.63, 3.8) is 0 Å². The third-order valence-corrected chi connectivity index (χ3v) is 3.77. The van der Waals surface area contributed by atoms with Gasteiger partial charge >= 0.3 is 0 Å².